The second-order valence-electron chi connectivity index (χ2n) is 4.38. The molecule has 0 aromatic heterocycles. The molecule has 1 fully saturated rings. The summed E-state index contributed by atoms with van der Waals surface area (Å²) in [7, 11) is -3.62. The van der Waals surface area contributed by atoms with Crippen LogP contribution in [-0.4, -0.2) is 37.5 Å². The van der Waals surface area contributed by atoms with Crippen LogP contribution in [0.1, 0.15) is 6.42 Å². The van der Waals surface area contributed by atoms with Crippen molar-refractivity contribution in [3.05, 3.63) is 23.2 Å². The molecule has 1 aromatic carbocycles. The summed E-state index contributed by atoms with van der Waals surface area (Å²) in [6.07, 6.45) is 0.663. The van der Waals surface area contributed by atoms with Crippen LogP contribution >= 0.6 is 11.6 Å². The molecule has 1 aliphatic rings. The van der Waals surface area contributed by atoms with Crippen molar-refractivity contribution in [1.29, 1.82) is 0 Å². The quantitative estimate of drug-likeness (QED) is 0.811. The van der Waals surface area contributed by atoms with Gasteiger partial charge in [-0.05, 0) is 30.5 Å². The number of rotatable bonds is 3. The number of halogens is 1. The fourth-order valence-corrected chi connectivity index (χ4v) is 3.94. The number of hydrogen-bond acceptors (Lipinski definition) is 4. The minimum atomic E-state index is -3.62. The second kappa shape index (κ2) is 5.05. The van der Waals surface area contributed by atoms with Gasteiger partial charge in [-0.2, -0.15) is 4.31 Å². The molecule has 1 heterocycles. The molecule has 1 aliphatic heterocycles. The van der Waals surface area contributed by atoms with Gasteiger partial charge in [-0.1, -0.05) is 11.6 Å². The highest BCUT2D eigenvalue weighted by Crippen LogP contribution is 2.29. The van der Waals surface area contributed by atoms with Gasteiger partial charge in [0.15, 0.2) is 0 Å². The third kappa shape index (κ3) is 2.47. The lowest BCUT2D eigenvalue weighted by atomic mass is 10.1. The van der Waals surface area contributed by atoms with Gasteiger partial charge in [-0.15, -0.1) is 0 Å². The van der Waals surface area contributed by atoms with Gasteiger partial charge < -0.3 is 10.8 Å². The predicted molar refractivity (Wildman–Crippen MR) is 69.8 cm³/mol. The summed E-state index contributed by atoms with van der Waals surface area (Å²) >= 11 is 5.81. The zero-order chi connectivity index (χ0) is 13.3. The van der Waals surface area contributed by atoms with E-state index < -0.39 is 10.0 Å². The second-order valence-corrected chi connectivity index (χ2v) is 6.73. The van der Waals surface area contributed by atoms with E-state index in [2.05, 4.69) is 0 Å². The topological polar surface area (TPSA) is 83.6 Å². The molecule has 18 heavy (non-hydrogen) atoms. The van der Waals surface area contributed by atoms with Crippen LogP contribution < -0.4 is 5.73 Å². The molecule has 0 bridgehead atoms. The minimum Gasteiger partial charge on any atom is -0.398 e. The highest BCUT2D eigenvalue weighted by atomic mass is 35.5. The van der Waals surface area contributed by atoms with Crippen molar-refractivity contribution >= 4 is 27.3 Å². The summed E-state index contributed by atoms with van der Waals surface area (Å²) in [4.78, 5) is 0.0357. The fourth-order valence-electron chi connectivity index (χ4n) is 2.04. The third-order valence-electron chi connectivity index (χ3n) is 3.10. The fraction of sp³-hybridized carbons (Fsp3) is 0.455. The van der Waals surface area contributed by atoms with Crippen LogP contribution in [0.4, 0.5) is 5.69 Å². The van der Waals surface area contributed by atoms with Crippen molar-refractivity contribution in [3.8, 4) is 0 Å². The van der Waals surface area contributed by atoms with E-state index in [1.807, 2.05) is 0 Å². The molecule has 7 heteroatoms. The number of hydrogen-bond donors (Lipinski definition) is 2. The number of sulfonamides is 1. The molecule has 0 radical (unpaired) electrons. The predicted octanol–water partition coefficient (Wildman–Crippen LogP) is 0.925. The van der Waals surface area contributed by atoms with Crippen LogP contribution in [0.5, 0.6) is 0 Å². The molecule has 5 nitrogen and oxygen atoms in total. The molecule has 2 rings (SSSR count). The van der Waals surface area contributed by atoms with E-state index in [1.165, 1.54) is 16.4 Å². The monoisotopic (exact) mass is 290 g/mol. The number of nitrogen functional groups attached to an aromatic ring is 1. The van der Waals surface area contributed by atoms with Gasteiger partial charge in [0.2, 0.25) is 10.0 Å². The molecule has 1 saturated heterocycles. The number of nitrogens with zero attached hydrogens (tertiary/aromatic N) is 1. The Hall–Kier alpha value is -0.820. The lowest BCUT2D eigenvalue weighted by molar-refractivity contribution is 0.233. The average Bonchev–Trinajstić information content (AvgIpc) is 2.81. The SMILES string of the molecule is Nc1ccc(Cl)cc1S(=O)(=O)N1CCC(CO)C1. The molecule has 1 unspecified atom stereocenters. The van der Waals surface area contributed by atoms with E-state index in [1.54, 1.807) is 6.07 Å². The number of anilines is 1. The van der Waals surface area contributed by atoms with Gasteiger partial charge in [0.05, 0.1) is 5.69 Å². The van der Waals surface area contributed by atoms with Crippen LogP contribution in [0.2, 0.25) is 5.02 Å². The van der Waals surface area contributed by atoms with E-state index in [0.717, 1.165) is 0 Å². The molecular weight excluding hydrogens is 276 g/mol. The average molecular weight is 291 g/mol. The van der Waals surface area contributed by atoms with Gasteiger partial charge in [-0.3, -0.25) is 0 Å². The standard InChI is InChI=1S/C11H15ClN2O3S/c12-9-1-2-10(13)11(5-9)18(16,17)14-4-3-8(6-14)7-15/h1-2,5,8,15H,3-4,6-7,13H2. The Balaban J connectivity index is 2.34. The lowest BCUT2D eigenvalue weighted by Gasteiger charge is -2.17. The van der Waals surface area contributed by atoms with Gasteiger partial charge in [0, 0.05) is 24.7 Å². The zero-order valence-corrected chi connectivity index (χ0v) is 11.3. The molecule has 1 aromatic rings. The van der Waals surface area contributed by atoms with E-state index in [-0.39, 0.29) is 23.1 Å². The Bertz CT molecular complexity index is 547. The first-order valence-corrected chi connectivity index (χ1v) is 7.43. The van der Waals surface area contributed by atoms with E-state index in [4.69, 9.17) is 22.4 Å². The van der Waals surface area contributed by atoms with Crippen molar-refractivity contribution in [1.82, 2.24) is 4.31 Å². The Kier molecular flexibility index (Phi) is 3.82. The van der Waals surface area contributed by atoms with Crippen LogP contribution in [0.25, 0.3) is 0 Å². The van der Waals surface area contributed by atoms with Crippen molar-refractivity contribution in [3.63, 3.8) is 0 Å². The summed E-state index contributed by atoms with van der Waals surface area (Å²) in [5.74, 6) is 0.000170. The van der Waals surface area contributed by atoms with Gasteiger partial charge in [0.25, 0.3) is 0 Å². The zero-order valence-electron chi connectivity index (χ0n) is 9.71. The lowest BCUT2D eigenvalue weighted by Crippen LogP contribution is -2.29. The molecule has 1 atom stereocenters. The van der Waals surface area contributed by atoms with Crippen molar-refractivity contribution in [2.75, 3.05) is 25.4 Å². The maximum atomic E-state index is 12.4. The minimum absolute atomic E-state index is 0.000170. The molecule has 0 amide bonds. The number of benzene rings is 1. The molecule has 0 saturated carbocycles. The van der Waals surface area contributed by atoms with E-state index >= 15 is 0 Å². The molecule has 0 aliphatic carbocycles. The van der Waals surface area contributed by atoms with Gasteiger partial charge >= 0.3 is 0 Å². The highest BCUT2D eigenvalue weighted by Gasteiger charge is 2.33. The third-order valence-corrected chi connectivity index (χ3v) is 5.26. The normalized spacial score (nSPS) is 21.3. The molecule has 3 N–H and O–H groups in total. The van der Waals surface area contributed by atoms with Crippen LogP contribution in [-0.2, 0) is 10.0 Å². The maximum absolute atomic E-state index is 12.4. The first kappa shape index (κ1) is 13.6. The Morgan fingerprint density at radius 2 is 2.22 bits per heavy atom. The first-order valence-electron chi connectivity index (χ1n) is 5.61. The molecule has 0 spiro atoms. The van der Waals surface area contributed by atoms with Crippen LogP contribution in [0.3, 0.4) is 0 Å². The Labute approximate surface area is 111 Å². The summed E-state index contributed by atoms with van der Waals surface area (Å²) in [5, 5.41) is 9.39. The maximum Gasteiger partial charge on any atom is 0.245 e. The number of aliphatic hydroxyl groups is 1. The summed E-state index contributed by atoms with van der Waals surface area (Å²) in [6.45, 7) is 0.724. The summed E-state index contributed by atoms with van der Waals surface area (Å²) < 4.78 is 26.1. The van der Waals surface area contributed by atoms with Crippen LogP contribution in [0, 0.1) is 5.92 Å². The highest BCUT2D eigenvalue weighted by molar-refractivity contribution is 7.89. The smallest absolute Gasteiger partial charge is 0.245 e. The largest absolute Gasteiger partial charge is 0.398 e. The summed E-state index contributed by atoms with van der Waals surface area (Å²) in [5.41, 5.74) is 5.88. The van der Waals surface area contributed by atoms with Gasteiger partial charge in [-0.25, -0.2) is 8.42 Å². The Morgan fingerprint density at radius 1 is 1.50 bits per heavy atom. The molecular formula is C11H15ClN2O3S. The summed E-state index contributed by atoms with van der Waals surface area (Å²) in [6, 6.07) is 4.39. The van der Waals surface area contributed by atoms with Gasteiger partial charge in [0.1, 0.15) is 4.90 Å². The van der Waals surface area contributed by atoms with Crippen molar-refractivity contribution < 1.29 is 13.5 Å². The van der Waals surface area contributed by atoms with Crippen molar-refractivity contribution in [2.24, 2.45) is 5.92 Å². The van der Waals surface area contributed by atoms with E-state index in [9.17, 15) is 8.42 Å². The Morgan fingerprint density at radius 3 is 2.83 bits per heavy atom. The molecule has 100 valence electrons. The number of nitrogens with two attached hydrogens (primary N) is 1. The number of aliphatic hydroxyl groups excluding tert-OH is 1. The van der Waals surface area contributed by atoms with E-state index in [0.29, 0.717) is 24.5 Å². The van der Waals surface area contributed by atoms with Crippen molar-refractivity contribution in [2.45, 2.75) is 11.3 Å². The van der Waals surface area contributed by atoms with Crippen LogP contribution in [0.15, 0.2) is 23.1 Å². The first-order chi connectivity index (χ1) is 8.45.